The van der Waals surface area contributed by atoms with Crippen LogP contribution in [0.2, 0.25) is 0 Å². The maximum Gasteiger partial charge on any atom is 0.286 e. The molecule has 1 aromatic carbocycles. The van der Waals surface area contributed by atoms with Crippen molar-refractivity contribution in [2.75, 3.05) is 0 Å². The van der Waals surface area contributed by atoms with Gasteiger partial charge in [-0.15, -0.1) is 0 Å². The van der Waals surface area contributed by atoms with Gasteiger partial charge in [0.1, 0.15) is 0 Å². The third kappa shape index (κ3) is 4.56. The summed E-state index contributed by atoms with van der Waals surface area (Å²) >= 11 is 0. The molecular formula is C18H34O4Si4. The third-order valence-corrected chi connectivity index (χ3v) is 12.1. The standard InChI is InChI=1S/C18H26.H8O4Si4/c1-14-12-13-18(6,15-10-8-7-9-11-15)17(4,5)16(14,2)3;1-5-2-7-4-8-3-6-1/h7-14H,1-6H3;5-8H2. The first-order chi connectivity index (χ1) is 12.2. The Balaban J connectivity index is 0.000000254. The summed E-state index contributed by atoms with van der Waals surface area (Å²) in [6.07, 6.45) is 4.83. The third-order valence-electron chi connectivity index (χ3n) is 6.81. The minimum Gasteiger partial charge on any atom is -0.425 e. The first kappa shape index (κ1) is 22.0. The fourth-order valence-corrected chi connectivity index (χ4v) is 10.9. The lowest BCUT2D eigenvalue weighted by molar-refractivity contribution is 0.00212. The summed E-state index contributed by atoms with van der Waals surface area (Å²) in [5, 5.41) is 0. The van der Waals surface area contributed by atoms with Crippen LogP contribution in [0.5, 0.6) is 0 Å². The molecule has 0 amide bonds. The van der Waals surface area contributed by atoms with Crippen LogP contribution in [0.3, 0.4) is 0 Å². The molecular weight excluding hydrogens is 393 g/mol. The summed E-state index contributed by atoms with van der Waals surface area (Å²) < 4.78 is 20.4. The molecule has 26 heavy (non-hydrogen) atoms. The van der Waals surface area contributed by atoms with E-state index in [4.69, 9.17) is 16.5 Å². The van der Waals surface area contributed by atoms with Crippen LogP contribution in [0.15, 0.2) is 42.5 Å². The van der Waals surface area contributed by atoms with Crippen molar-refractivity contribution in [3.8, 4) is 0 Å². The molecule has 1 aromatic rings. The van der Waals surface area contributed by atoms with Crippen LogP contribution >= 0.6 is 0 Å². The maximum absolute atomic E-state index is 5.10. The molecule has 1 heterocycles. The van der Waals surface area contributed by atoms with Gasteiger partial charge in [0.15, 0.2) is 0 Å². The first-order valence-corrected chi connectivity index (χ1v) is 13.9. The highest BCUT2D eigenvalue weighted by molar-refractivity contribution is 6.50. The predicted molar refractivity (Wildman–Crippen MR) is 118 cm³/mol. The second-order valence-electron chi connectivity index (χ2n) is 8.35. The molecule has 3 rings (SSSR count). The summed E-state index contributed by atoms with van der Waals surface area (Å²) in [4.78, 5) is 0. The van der Waals surface area contributed by atoms with Crippen LogP contribution < -0.4 is 0 Å². The summed E-state index contributed by atoms with van der Waals surface area (Å²) in [6.45, 7) is 14.4. The van der Waals surface area contributed by atoms with Crippen molar-refractivity contribution in [1.29, 1.82) is 0 Å². The van der Waals surface area contributed by atoms with E-state index in [1.54, 1.807) is 0 Å². The lowest BCUT2D eigenvalue weighted by atomic mass is 9.46. The molecule has 2 aliphatic rings. The van der Waals surface area contributed by atoms with Crippen molar-refractivity contribution in [3.05, 3.63) is 48.0 Å². The molecule has 2 unspecified atom stereocenters. The molecule has 0 N–H and O–H groups in total. The Kier molecular flexibility index (Phi) is 7.81. The number of allylic oxidation sites excluding steroid dienone is 2. The van der Waals surface area contributed by atoms with Gasteiger partial charge in [-0.05, 0) is 22.3 Å². The monoisotopic (exact) mass is 426 g/mol. The molecule has 4 nitrogen and oxygen atoms in total. The van der Waals surface area contributed by atoms with Gasteiger partial charge in [-0.3, -0.25) is 0 Å². The molecule has 1 saturated heterocycles. The Labute approximate surface area is 168 Å². The van der Waals surface area contributed by atoms with E-state index in [0.717, 1.165) is 0 Å². The van der Waals surface area contributed by atoms with E-state index in [9.17, 15) is 0 Å². The molecule has 0 aromatic heterocycles. The highest BCUT2D eigenvalue weighted by atomic mass is 28.4. The number of hydrogen-bond acceptors (Lipinski definition) is 4. The van der Waals surface area contributed by atoms with Crippen LogP contribution in [0, 0.1) is 16.7 Å². The Morgan fingerprint density at radius 1 is 0.769 bits per heavy atom. The van der Waals surface area contributed by atoms with Crippen molar-refractivity contribution < 1.29 is 16.5 Å². The van der Waals surface area contributed by atoms with Gasteiger partial charge in [-0.25, -0.2) is 0 Å². The van der Waals surface area contributed by atoms with E-state index in [1.807, 2.05) is 0 Å². The van der Waals surface area contributed by atoms with Crippen LogP contribution in [-0.2, 0) is 21.9 Å². The van der Waals surface area contributed by atoms with Gasteiger partial charge in [0.05, 0.1) is 0 Å². The minimum atomic E-state index is -0.653. The van der Waals surface area contributed by atoms with Gasteiger partial charge in [0, 0.05) is 5.41 Å². The maximum atomic E-state index is 5.10. The smallest absolute Gasteiger partial charge is 0.286 e. The fraction of sp³-hybridized carbons (Fsp3) is 0.556. The van der Waals surface area contributed by atoms with Crippen LogP contribution in [0.25, 0.3) is 0 Å². The van der Waals surface area contributed by atoms with E-state index >= 15 is 0 Å². The lowest BCUT2D eigenvalue weighted by Crippen LogP contribution is -2.52. The summed E-state index contributed by atoms with van der Waals surface area (Å²) in [7, 11) is -2.61. The Bertz CT molecular complexity index is 570. The Hall–Kier alpha value is -0.332. The first-order valence-electron chi connectivity index (χ1n) is 9.29. The minimum absolute atomic E-state index is 0.101. The van der Waals surface area contributed by atoms with Gasteiger partial charge in [0.2, 0.25) is 0 Å². The number of hydrogen-bond donors (Lipinski definition) is 0. The van der Waals surface area contributed by atoms with E-state index < -0.39 is 40.0 Å². The highest BCUT2D eigenvalue weighted by Gasteiger charge is 2.53. The van der Waals surface area contributed by atoms with Crippen molar-refractivity contribution >= 4 is 40.0 Å². The molecule has 0 saturated carbocycles. The Morgan fingerprint density at radius 3 is 1.69 bits per heavy atom. The highest BCUT2D eigenvalue weighted by Crippen LogP contribution is 2.59. The van der Waals surface area contributed by atoms with Gasteiger partial charge in [-0.1, -0.05) is 84.0 Å². The van der Waals surface area contributed by atoms with Crippen molar-refractivity contribution in [2.45, 2.75) is 47.0 Å². The largest absolute Gasteiger partial charge is 0.425 e. The zero-order chi connectivity index (χ0) is 19.3. The summed E-state index contributed by atoms with van der Waals surface area (Å²) in [5.41, 5.74) is 2.03. The van der Waals surface area contributed by atoms with Gasteiger partial charge in [-0.2, -0.15) is 0 Å². The van der Waals surface area contributed by atoms with Crippen LogP contribution in [-0.4, -0.2) is 40.0 Å². The zero-order valence-corrected chi connectivity index (χ0v) is 22.7. The predicted octanol–water partition coefficient (Wildman–Crippen LogP) is 1.26. The molecule has 0 radical (unpaired) electrons. The molecule has 1 fully saturated rings. The van der Waals surface area contributed by atoms with Crippen LogP contribution in [0.1, 0.15) is 47.1 Å². The lowest BCUT2D eigenvalue weighted by Gasteiger charge is -2.57. The number of rotatable bonds is 1. The van der Waals surface area contributed by atoms with E-state index in [-0.39, 0.29) is 16.2 Å². The van der Waals surface area contributed by atoms with E-state index in [0.29, 0.717) is 5.92 Å². The molecule has 0 bridgehead atoms. The van der Waals surface area contributed by atoms with E-state index in [2.05, 4.69) is 84.0 Å². The number of benzene rings is 1. The van der Waals surface area contributed by atoms with Crippen molar-refractivity contribution in [1.82, 2.24) is 0 Å². The summed E-state index contributed by atoms with van der Waals surface area (Å²) in [6, 6.07) is 10.9. The van der Waals surface area contributed by atoms with Gasteiger partial charge >= 0.3 is 0 Å². The summed E-state index contributed by atoms with van der Waals surface area (Å²) in [5.74, 6) is 0.615. The SMILES string of the molecule is CC1C=CC(C)(c2ccccc2)C(C)(C)C1(C)C.O1[SiH2]O[SiH2]O[SiH2]O[SiH2]1. The second kappa shape index (κ2) is 9.24. The van der Waals surface area contributed by atoms with Gasteiger partial charge < -0.3 is 16.5 Å². The fourth-order valence-electron chi connectivity index (χ4n) is 3.64. The van der Waals surface area contributed by atoms with Crippen molar-refractivity contribution in [3.63, 3.8) is 0 Å². The normalized spacial score (nSPS) is 34.2. The molecule has 1 aliphatic carbocycles. The molecule has 0 spiro atoms. The van der Waals surface area contributed by atoms with Crippen molar-refractivity contribution in [2.24, 2.45) is 16.7 Å². The molecule has 146 valence electrons. The quantitative estimate of drug-likeness (QED) is 0.500. The van der Waals surface area contributed by atoms with E-state index in [1.165, 1.54) is 5.56 Å². The molecule has 8 heteroatoms. The zero-order valence-electron chi connectivity index (χ0n) is 17.1. The molecule has 2 atom stereocenters. The van der Waals surface area contributed by atoms with Gasteiger partial charge in [0.25, 0.3) is 40.0 Å². The average molecular weight is 427 g/mol. The Morgan fingerprint density at radius 2 is 1.23 bits per heavy atom. The van der Waals surface area contributed by atoms with Crippen LogP contribution in [0.4, 0.5) is 0 Å². The average Bonchev–Trinajstić information content (AvgIpc) is 2.58. The molecule has 1 aliphatic heterocycles. The second-order valence-corrected chi connectivity index (χ2v) is 15.8. The topological polar surface area (TPSA) is 36.9 Å².